The average Bonchev–Trinajstić information content (AvgIpc) is 3.22. The van der Waals surface area contributed by atoms with Gasteiger partial charge in [-0.3, -0.25) is 0 Å². The molecule has 1 aromatic heterocycles. The largest absolute Gasteiger partial charge is 0.396 e. The molecule has 1 aliphatic rings. The maximum atomic E-state index is 13.4. The molecule has 2 N–H and O–H groups in total. The number of hydrogen-bond acceptors (Lipinski definition) is 2. The van der Waals surface area contributed by atoms with Crippen LogP contribution in [0.1, 0.15) is 18.9 Å². The van der Waals surface area contributed by atoms with Gasteiger partial charge in [0.05, 0.1) is 16.7 Å². The zero-order chi connectivity index (χ0) is 14.6. The second-order valence-electron chi connectivity index (χ2n) is 5.41. The lowest BCUT2D eigenvalue weighted by Crippen LogP contribution is -1.99. The molecule has 106 valence electrons. The summed E-state index contributed by atoms with van der Waals surface area (Å²) in [6.07, 6.45) is 2.15. The monoisotopic (exact) mass is 285 g/mol. The zero-order valence-electron chi connectivity index (χ0n) is 11.2. The number of rotatable bonds is 2. The van der Waals surface area contributed by atoms with Gasteiger partial charge in [-0.15, -0.1) is 0 Å². The summed E-state index contributed by atoms with van der Waals surface area (Å²) in [5.41, 5.74) is 8.00. The molecule has 1 heterocycles. The number of aromatic nitrogens is 2. The average molecular weight is 285 g/mol. The number of fused-ring (bicyclic) bond motifs is 1. The molecule has 4 rings (SSSR count). The number of nitrogens with two attached hydrogens (primary N) is 1. The third-order valence-electron chi connectivity index (χ3n) is 3.82. The second kappa shape index (κ2) is 4.28. The van der Waals surface area contributed by atoms with Gasteiger partial charge in [-0.2, -0.15) is 0 Å². The molecule has 0 atom stereocenters. The summed E-state index contributed by atoms with van der Waals surface area (Å²) >= 11 is 0. The zero-order valence-corrected chi connectivity index (χ0v) is 11.2. The molecule has 21 heavy (non-hydrogen) atoms. The minimum absolute atomic E-state index is 0.0908. The first-order chi connectivity index (χ1) is 10.1. The Morgan fingerprint density at radius 3 is 2.62 bits per heavy atom. The molecule has 0 saturated heterocycles. The normalized spacial score (nSPS) is 14.8. The molecule has 1 saturated carbocycles. The van der Waals surface area contributed by atoms with Crippen molar-refractivity contribution in [2.24, 2.45) is 0 Å². The van der Waals surface area contributed by atoms with Crippen LogP contribution in [-0.4, -0.2) is 9.55 Å². The van der Waals surface area contributed by atoms with E-state index >= 15 is 0 Å². The molecule has 5 heteroatoms. The molecule has 0 bridgehead atoms. The number of halogens is 2. The smallest absolute Gasteiger partial charge is 0.146 e. The highest BCUT2D eigenvalue weighted by Crippen LogP contribution is 2.41. The van der Waals surface area contributed by atoms with E-state index in [1.54, 1.807) is 18.2 Å². The van der Waals surface area contributed by atoms with Crippen LogP contribution in [0.25, 0.3) is 22.4 Å². The fourth-order valence-corrected chi connectivity index (χ4v) is 2.66. The quantitative estimate of drug-likeness (QED) is 0.726. The fraction of sp³-hybridized carbons (Fsp3) is 0.188. The number of imidazole rings is 1. The fourth-order valence-electron chi connectivity index (χ4n) is 2.66. The van der Waals surface area contributed by atoms with Crippen molar-refractivity contribution in [1.82, 2.24) is 9.55 Å². The van der Waals surface area contributed by atoms with Crippen LogP contribution >= 0.6 is 0 Å². The van der Waals surface area contributed by atoms with Crippen LogP contribution in [0.2, 0.25) is 0 Å². The molecule has 0 aliphatic heterocycles. The van der Waals surface area contributed by atoms with Gasteiger partial charge in [0.2, 0.25) is 0 Å². The van der Waals surface area contributed by atoms with Gasteiger partial charge in [-0.25, -0.2) is 13.8 Å². The Morgan fingerprint density at radius 2 is 1.90 bits per heavy atom. The Labute approximate surface area is 120 Å². The van der Waals surface area contributed by atoms with Crippen LogP contribution in [0.3, 0.4) is 0 Å². The van der Waals surface area contributed by atoms with Crippen molar-refractivity contribution in [3.8, 4) is 11.4 Å². The minimum atomic E-state index is -0.445. The number of nitrogen functional groups attached to an aromatic ring is 1. The Morgan fingerprint density at radius 1 is 1.10 bits per heavy atom. The Kier molecular flexibility index (Phi) is 2.51. The van der Waals surface area contributed by atoms with Crippen LogP contribution in [-0.2, 0) is 0 Å². The maximum absolute atomic E-state index is 13.4. The summed E-state index contributed by atoms with van der Waals surface area (Å²) in [4.78, 5) is 4.52. The van der Waals surface area contributed by atoms with Gasteiger partial charge in [-0.05, 0) is 43.2 Å². The number of anilines is 1. The molecule has 0 radical (unpaired) electrons. The highest BCUT2D eigenvalue weighted by molar-refractivity contribution is 5.81. The van der Waals surface area contributed by atoms with Crippen molar-refractivity contribution in [1.29, 1.82) is 0 Å². The molecule has 0 spiro atoms. The highest BCUT2D eigenvalue weighted by atomic mass is 19.1. The summed E-state index contributed by atoms with van der Waals surface area (Å²) in [6.45, 7) is 0. The first-order valence-corrected chi connectivity index (χ1v) is 6.86. The third kappa shape index (κ3) is 1.96. The van der Waals surface area contributed by atoms with E-state index in [2.05, 4.69) is 9.55 Å². The molecule has 1 fully saturated rings. The molecule has 0 amide bonds. The Bertz CT molecular complexity index is 850. The van der Waals surface area contributed by atoms with Crippen LogP contribution < -0.4 is 5.73 Å². The molecule has 0 unspecified atom stereocenters. The highest BCUT2D eigenvalue weighted by Gasteiger charge is 2.28. The van der Waals surface area contributed by atoms with E-state index in [1.807, 2.05) is 0 Å². The van der Waals surface area contributed by atoms with Crippen LogP contribution in [0, 0.1) is 11.6 Å². The molecule has 1 aliphatic carbocycles. The predicted octanol–water partition coefficient (Wildman–Crippen LogP) is 3.90. The van der Waals surface area contributed by atoms with E-state index in [-0.39, 0.29) is 11.5 Å². The third-order valence-corrected chi connectivity index (χ3v) is 3.82. The standard InChI is InChI=1S/C16H13F2N3/c17-10-2-6-15-14(8-10)20-16(21(15)11-3-4-11)9-1-5-12(18)13(19)7-9/h1-2,5-8,11H,3-4,19H2. The summed E-state index contributed by atoms with van der Waals surface area (Å²) in [7, 11) is 0. The van der Waals surface area contributed by atoms with Gasteiger partial charge in [-0.1, -0.05) is 0 Å². The summed E-state index contributed by atoms with van der Waals surface area (Å²) in [5.74, 6) is -0.0446. The summed E-state index contributed by atoms with van der Waals surface area (Å²) in [6, 6.07) is 9.54. The second-order valence-corrected chi connectivity index (χ2v) is 5.41. The van der Waals surface area contributed by atoms with Gasteiger partial charge in [0, 0.05) is 17.7 Å². The van der Waals surface area contributed by atoms with E-state index in [9.17, 15) is 8.78 Å². The van der Waals surface area contributed by atoms with Crippen molar-refractivity contribution in [2.45, 2.75) is 18.9 Å². The lowest BCUT2D eigenvalue weighted by molar-refractivity contribution is 0.629. The van der Waals surface area contributed by atoms with E-state index < -0.39 is 5.82 Å². The van der Waals surface area contributed by atoms with Crippen molar-refractivity contribution >= 4 is 16.7 Å². The van der Waals surface area contributed by atoms with Gasteiger partial charge < -0.3 is 10.3 Å². The van der Waals surface area contributed by atoms with Crippen molar-refractivity contribution in [3.63, 3.8) is 0 Å². The van der Waals surface area contributed by atoms with Crippen molar-refractivity contribution in [3.05, 3.63) is 48.0 Å². The van der Waals surface area contributed by atoms with E-state index in [1.165, 1.54) is 18.2 Å². The first kappa shape index (κ1) is 12.3. The van der Waals surface area contributed by atoms with Crippen molar-refractivity contribution < 1.29 is 8.78 Å². The van der Waals surface area contributed by atoms with E-state index in [0.717, 1.165) is 23.9 Å². The lowest BCUT2D eigenvalue weighted by Gasteiger charge is -2.08. The van der Waals surface area contributed by atoms with Gasteiger partial charge in [0.1, 0.15) is 17.5 Å². The Balaban J connectivity index is 1.98. The summed E-state index contributed by atoms with van der Waals surface area (Å²) in [5, 5.41) is 0. The number of hydrogen-bond donors (Lipinski definition) is 1. The number of benzene rings is 2. The van der Waals surface area contributed by atoms with Gasteiger partial charge >= 0.3 is 0 Å². The van der Waals surface area contributed by atoms with E-state index in [4.69, 9.17) is 5.73 Å². The lowest BCUT2D eigenvalue weighted by atomic mass is 10.2. The SMILES string of the molecule is Nc1cc(-c2nc3cc(F)ccc3n2C2CC2)ccc1F. The molecule has 3 aromatic rings. The van der Waals surface area contributed by atoms with E-state index in [0.29, 0.717) is 17.4 Å². The Hall–Kier alpha value is -2.43. The van der Waals surface area contributed by atoms with Crippen LogP contribution in [0.5, 0.6) is 0 Å². The molecular formula is C16H13F2N3. The van der Waals surface area contributed by atoms with Gasteiger partial charge in [0.15, 0.2) is 0 Å². The topological polar surface area (TPSA) is 43.8 Å². The molecular weight excluding hydrogens is 272 g/mol. The first-order valence-electron chi connectivity index (χ1n) is 6.86. The molecule has 3 nitrogen and oxygen atoms in total. The van der Waals surface area contributed by atoms with Gasteiger partial charge in [0.25, 0.3) is 0 Å². The number of nitrogens with zero attached hydrogens (tertiary/aromatic N) is 2. The summed E-state index contributed by atoms with van der Waals surface area (Å²) < 4.78 is 28.8. The van der Waals surface area contributed by atoms with Crippen LogP contribution in [0.15, 0.2) is 36.4 Å². The minimum Gasteiger partial charge on any atom is -0.396 e. The maximum Gasteiger partial charge on any atom is 0.146 e. The van der Waals surface area contributed by atoms with Crippen LogP contribution in [0.4, 0.5) is 14.5 Å². The predicted molar refractivity (Wildman–Crippen MR) is 77.8 cm³/mol. The molecule has 2 aromatic carbocycles. The van der Waals surface area contributed by atoms with Crippen molar-refractivity contribution in [2.75, 3.05) is 5.73 Å².